The Morgan fingerprint density at radius 1 is 0.745 bits per heavy atom. The number of hydrogen-bond donors (Lipinski definition) is 0. The van der Waals surface area contributed by atoms with E-state index in [0.29, 0.717) is 113 Å². The quantitative estimate of drug-likeness (QED) is 0.212. The summed E-state index contributed by atoms with van der Waals surface area (Å²) < 4.78 is 45.8. The van der Waals surface area contributed by atoms with Crippen LogP contribution in [0.4, 0.5) is 23.5 Å². The third-order valence-corrected chi connectivity index (χ3v) is 9.55. The molecule has 4 rings (SSSR count). The van der Waals surface area contributed by atoms with Gasteiger partial charge in [0, 0.05) is 94.1 Å². The Balaban J connectivity index is 1.92. The zero-order valence-corrected chi connectivity index (χ0v) is 29.5. The first kappa shape index (κ1) is 36.7. The van der Waals surface area contributed by atoms with E-state index in [2.05, 4.69) is 4.90 Å². The fourth-order valence-electron chi connectivity index (χ4n) is 5.68. The maximum Gasteiger partial charge on any atom is 0.241 e. The molecule has 2 aromatic rings. The lowest BCUT2D eigenvalue weighted by atomic mass is 10.1. The number of ether oxygens (including phenoxy) is 4. The van der Waals surface area contributed by atoms with Gasteiger partial charge in [0.25, 0.3) is 0 Å². The minimum absolute atomic E-state index is 0.0214. The largest absolute Gasteiger partial charge is 0.383 e. The summed E-state index contributed by atoms with van der Waals surface area (Å²) in [6.07, 6.45) is 3.45. The first-order chi connectivity index (χ1) is 22.6. The molecule has 0 unspecified atom stereocenters. The topological polar surface area (TPSA) is 156 Å². The van der Waals surface area contributed by atoms with E-state index in [1.54, 1.807) is 40.4 Å². The zero-order chi connectivity index (χ0) is 34.0. The SMILES string of the molecule is COCCN(CCCS(C)(=O)=O)c1nc(N2CCN(C)C(=O)C2)c2nc(N(CCOC)CCOC)nc(N3CCC(OC)CC3)c2n1. The Bertz CT molecular complexity index is 1420. The van der Waals surface area contributed by atoms with Crippen molar-refractivity contribution in [3.63, 3.8) is 0 Å². The van der Waals surface area contributed by atoms with Crippen molar-refractivity contribution in [2.75, 3.05) is 146 Å². The number of methoxy groups -OCH3 is 4. The molecule has 0 N–H and O–H groups in total. The number of piperazine rings is 1. The lowest BCUT2D eigenvalue weighted by molar-refractivity contribution is -0.129. The van der Waals surface area contributed by atoms with Gasteiger partial charge in [0.2, 0.25) is 17.8 Å². The molecule has 2 aliphatic heterocycles. The van der Waals surface area contributed by atoms with Crippen LogP contribution < -0.4 is 19.6 Å². The standard InChI is InChI=1S/C30H51N9O7S/c1-35-13-14-39(22-24(35)40)28-26-25(31-29(34-28)37(15-18-43-2)10-7-21-47(6,41)42)27(36-11-8-23(46-5)9-12-36)33-30(32-26)38(16-19-44-3)17-20-45-4/h23H,7-22H2,1-6H3. The molecule has 264 valence electrons. The number of piperidine rings is 1. The van der Waals surface area contributed by atoms with Crippen molar-refractivity contribution in [3.05, 3.63) is 0 Å². The summed E-state index contributed by atoms with van der Waals surface area (Å²) in [6, 6.07) is 0. The Morgan fingerprint density at radius 2 is 1.26 bits per heavy atom. The Kier molecular flexibility index (Phi) is 13.5. The van der Waals surface area contributed by atoms with Gasteiger partial charge in [-0.3, -0.25) is 4.79 Å². The summed E-state index contributed by atoms with van der Waals surface area (Å²) in [4.78, 5) is 43.2. The van der Waals surface area contributed by atoms with Crippen molar-refractivity contribution in [2.24, 2.45) is 0 Å². The molecule has 2 saturated heterocycles. The summed E-state index contributed by atoms with van der Waals surface area (Å²) in [6.45, 7) is 5.92. The minimum Gasteiger partial charge on any atom is -0.383 e. The number of fused-ring (bicyclic) bond motifs is 1. The van der Waals surface area contributed by atoms with E-state index in [0.717, 1.165) is 12.8 Å². The molecule has 2 aromatic heterocycles. The number of carbonyl (C=O) groups is 1. The van der Waals surface area contributed by atoms with Crippen LogP contribution in [0, 0.1) is 0 Å². The highest BCUT2D eigenvalue weighted by atomic mass is 32.2. The second-order valence-electron chi connectivity index (χ2n) is 12.0. The molecule has 4 heterocycles. The maximum atomic E-state index is 13.0. The average Bonchev–Trinajstić information content (AvgIpc) is 3.06. The third-order valence-electron chi connectivity index (χ3n) is 8.52. The highest BCUT2D eigenvalue weighted by molar-refractivity contribution is 7.90. The van der Waals surface area contributed by atoms with Gasteiger partial charge in [-0.1, -0.05) is 0 Å². The molecule has 1 amide bonds. The van der Waals surface area contributed by atoms with Crippen LogP contribution in [0.15, 0.2) is 0 Å². The average molecular weight is 682 g/mol. The number of aromatic nitrogens is 4. The van der Waals surface area contributed by atoms with Crippen LogP contribution in [0.25, 0.3) is 11.0 Å². The van der Waals surface area contributed by atoms with E-state index >= 15 is 0 Å². The van der Waals surface area contributed by atoms with Crippen molar-refractivity contribution < 1.29 is 32.2 Å². The first-order valence-corrected chi connectivity index (χ1v) is 18.1. The van der Waals surface area contributed by atoms with E-state index in [1.165, 1.54) is 6.26 Å². The highest BCUT2D eigenvalue weighted by Crippen LogP contribution is 2.34. The Morgan fingerprint density at radius 3 is 1.72 bits per heavy atom. The molecule has 0 aliphatic carbocycles. The second-order valence-corrected chi connectivity index (χ2v) is 14.2. The molecule has 0 saturated carbocycles. The summed E-state index contributed by atoms with van der Waals surface area (Å²) in [5, 5.41) is 0. The van der Waals surface area contributed by atoms with E-state index in [1.807, 2.05) is 14.7 Å². The summed E-state index contributed by atoms with van der Waals surface area (Å²) in [5.74, 6) is 2.13. The minimum atomic E-state index is -3.16. The predicted molar refractivity (Wildman–Crippen MR) is 182 cm³/mol. The summed E-state index contributed by atoms with van der Waals surface area (Å²) in [7, 11) is 5.31. The zero-order valence-electron chi connectivity index (χ0n) is 28.7. The predicted octanol–water partition coefficient (Wildman–Crippen LogP) is 0.300. The van der Waals surface area contributed by atoms with Crippen LogP contribution in [0.3, 0.4) is 0 Å². The van der Waals surface area contributed by atoms with Crippen molar-refractivity contribution >= 4 is 50.3 Å². The molecule has 0 radical (unpaired) electrons. The number of carbonyl (C=O) groups excluding carboxylic acids is 1. The monoisotopic (exact) mass is 681 g/mol. The molecular formula is C30H51N9O7S. The van der Waals surface area contributed by atoms with Gasteiger partial charge in [0.1, 0.15) is 20.9 Å². The smallest absolute Gasteiger partial charge is 0.241 e. The fraction of sp³-hybridized carbons (Fsp3) is 0.767. The van der Waals surface area contributed by atoms with Gasteiger partial charge in [-0.15, -0.1) is 0 Å². The molecule has 16 nitrogen and oxygen atoms in total. The molecule has 0 atom stereocenters. The van der Waals surface area contributed by atoms with Gasteiger partial charge >= 0.3 is 0 Å². The molecule has 47 heavy (non-hydrogen) atoms. The van der Waals surface area contributed by atoms with Gasteiger partial charge < -0.3 is 43.4 Å². The molecule has 2 aliphatic rings. The van der Waals surface area contributed by atoms with Crippen LogP contribution in [0.1, 0.15) is 19.3 Å². The second kappa shape index (κ2) is 17.3. The van der Waals surface area contributed by atoms with Gasteiger partial charge in [-0.05, 0) is 19.3 Å². The number of amides is 1. The molecule has 2 fully saturated rings. The lowest BCUT2D eigenvalue weighted by Gasteiger charge is -2.35. The van der Waals surface area contributed by atoms with Gasteiger partial charge in [0.15, 0.2) is 11.6 Å². The van der Waals surface area contributed by atoms with Gasteiger partial charge in [0.05, 0.1) is 38.2 Å². The molecular weight excluding hydrogens is 630 g/mol. The van der Waals surface area contributed by atoms with Crippen molar-refractivity contribution in [2.45, 2.75) is 25.4 Å². The number of sulfone groups is 1. The van der Waals surface area contributed by atoms with E-state index in [4.69, 9.17) is 38.9 Å². The summed E-state index contributed by atoms with van der Waals surface area (Å²) >= 11 is 0. The van der Waals surface area contributed by atoms with Crippen LogP contribution in [-0.4, -0.2) is 171 Å². The van der Waals surface area contributed by atoms with E-state index in [-0.39, 0.29) is 24.3 Å². The van der Waals surface area contributed by atoms with E-state index < -0.39 is 9.84 Å². The lowest BCUT2D eigenvalue weighted by Crippen LogP contribution is -2.49. The number of rotatable bonds is 18. The third kappa shape index (κ3) is 9.95. The van der Waals surface area contributed by atoms with Crippen molar-refractivity contribution in [3.8, 4) is 0 Å². The van der Waals surface area contributed by atoms with Crippen LogP contribution in [-0.2, 0) is 33.6 Å². The number of anilines is 4. The normalized spacial score (nSPS) is 16.4. The molecule has 17 heteroatoms. The number of nitrogens with zero attached hydrogens (tertiary/aromatic N) is 9. The Labute approximate surface area is 278 Å². The van der Waals surface area contributed by atoms with Crippen LogP contribution in [0.5, 0.6) is 0 Å². The van der Waals surface area contributed by atoms with Gasteiger partial charge in [-0.25, -0.2) is 18.4 Å². The molecule has 0 spiro atoms. The molecule has 0 aromatic carbocycles. The first-order valence-electron chi connectivity index (χ1n) is 16.1. The van der Waals surface area contributed by atoms with Crippen molar-refractivity contribution in [1.29, 1.82) is 0 Å². The van der Waals surface area contributed by atoms with Crippen LogP contribution >= 0.6 is 0 Å². The van der Waals surface area contributed by atoms with Crippen LogP contribution in [0.2, 0.25) is 0 Å². The number of hydrogen-bond acceptors (Lipinski definition) is 15. The van der Waals surface area contributed by atoms with Gasteiger partial charge in [-0.2, -0.15) is 9.97 Å². The molecule has 0 bridgehead atoms. The number of likely N-dealkylation sites (N-methyl/N-ethyl adjacent to an activating group) is 1. The fourth-order valence-corrected chi connectivity index (χ4v) is 6.33. The van der Waals surface area contributed by atoms with E-state index in [9.17, 15) is 13.2 Å². The Hall–Kier alpha value is -3.12. The summed E-state index contributed by atoms with van der Waals surface area (Å²) in [5.41, 5.74) is 1.11. The van der Waals surface area contributed by atoms with Crippen molar-refractivity contribution in [1.82, 2.24) is 24.8 Å². The maximum absolute atomic E-state index is 13.0. The highest BCUT2D eigenvalue weighted by Gasteiger charge is 2.30.